The molecule has 0 amide bonds. The molecule has 2 aromatic carbocycles. The molecular weight excluding hydrogens is 414 g/mol. The number of hydrogen-bond donors (Lipinski definition) is 1. The highest BCUT2D eigenvalue weighted by molar-refractivity contribution is 5.96. The summed E-state index contributed by atoms with van der Waals surface area (Å²) < 4.78 is 27.7. The van der Waals surface area contributed by atoms with Crippen LogP contribution >= 0.6 is 0 Å². The van der Waals surface area contributed by atoms with Crippen LogP contribution in [-0.4, -0.2) is 44.5 Å². The van der Waals surface area contributed by atoms with Crippen molar-refractivity contribution in [1.82, 2.24) is 4.98 Å². The fourth-order valence-corrected chi connectivity index (χ4v) is 3.53. The van der Waals surface area contributed by atoms with Crippen molar-refractivity contribution in [3.05, 3.63) is 54.2 Å². The Labute approximate surface area is 183 Å². The third-order valence-electron chi connectivity index (χ3n) is 5.06. The first kappa shape index (κ1) is 21.0. The van der Waals surface area contributed by atoms with Crippen LogP contribution in [0.25, 0.3) is 33.6 Å². The number of rotatable bonds is 7. The summed E-state index contributed by atoms with van der Waals surface area (Å²) in [5, 5.41) is 9.46. The number of aromatic nitrogens is 1. The van der Waals surface area contributed by atoms with Crippen molar-refractivity contribution in [3.8, 4) is 45.4 Å². The van der Waals surface area contributed by atoms with Crippen LogP contribution in [0.1, 0.15) is 10.4 Å². The van der Waals surface area contributed by atoms with Crippen molar-refractivity contribution in [2.75, 3.05) is 28.4 Å². The lowest BCUT2D eigenvalue weighted by molar-refractivity contribution is 0.0696. The van der Waals surface area contributed by atoms with E-state index < -0.39 is 5.97 Å². The van der Waals surface area contributed by atoms with Gasteiger partial charge in [-0.3, -0.25) is 4.98 Å². The van der Waals surface area contributed by atoms with Crippen LogP contribution in [0.3, 0.4) is 0 Å². The molecule has 4 aromatic rings. The lowest BCUT2D eigenvalue weighted by atomic mass is 10.0. The Kier molecular flexibility index (Phi) is 5.59. The molecule has 0 atom stereocenters. The zero-order chi connectivity index (χ0) is 22.8. The molecular formula is C24H21NO7. The number of ether oxygens (including phenoxy) is 4. The average molecular weight is 435 g/mol. The maximum Gasteiger partial charge on any atom is 0.335 e. The Bertz CT molecular complexity index is 1280. The van der Waals surface area contributed by atoms with Gasteiger partial charge in [-0.05, 0) is 42.0 Å². The Balaban J connectivity index is 1.89. The molecule has 8 heteroatoms. The van der Waals surface area contributed by atoms with Crippen LogP contribution in [0.15, 0.2) is 53.1 Å². The van der Waals surface area contributed by atoms with Gasteiger partial charge in [0, 0.05) is 23.4 Å². The minimum atomic E-state index is -1.05. The number of carbonyl (C=O) groups is 1. The zero-order valence-corrected chi connectivity index (χ0v) is 18.0. The first-order valence-corrected chi connectivity index (χ1v) is 9.60. The van der Waals surface area contributed by atoms with Crippen molar-refractivity contribution in [1.29, 1.82) is 0 Å². The highest BCUT2D eigenvalue weighted by Gasteiger charge is 2.19. The molecule has 4 rings (SSSR count). The van der Waals surface area contributed by atoms with E-state index in [0.717, 1.165) is 0 Å². The molecule has 164 valence electrons. The molecule has 0 fully saturated rings. The van der Waals surface area contributed by atoms with Gasteiger partial charge in [0.05, 0.1) is 34.0 Å². The summed E-state index contributed by atoms with van der Waals surface area (Å²) in [4.78, 5) is 16.0. The maximum atomic E-state index is 11.6. The second kappa shape index (κ2) is 8.50. The number of carboxylic acid groups (broad SMARTS) is 1. The van der Waals surface area contributed by atoms with Crippen LogP contribution < -0.4 is 18.9 Å². The molecule has 0 bridgehead atoms. The third kappa shape index (κ3) is 3.66. The number of hydrogen-bond acceptors (Lipinski definition) is 7. The summed E-state index contributed by atoms with van der Waals surface area (Å²) in [6, 6.07) is 11.9. The number of methoxy groups -OCH3 is 4. The Hall–Kier alpha value is -4.20. The first-order valence-electron chi connectivity index (χ1n) is 9.60. The van der Waals surface area contributed by atoms with Gasteiger partial charge >= 0.3 is 5.97 Å². The summed E-state index contributed by atoms with van der Waals surface area (Å²) in [5.74, 6) is 1.39. The molecule has 32 heavy (non-hydrogen) atoms. The van der Waals surface area contributed by atoms with Crippen LogP contribution in [0.2, 0.25) is 0 Å². The number of carboxylic acids is 1. The van der Waals surface area contributed by atoms with Gasteiger partial charge in [0.25, 0.3) is 0 Å². The van der Waals surface area contributed by atoms with E-state index in [-0.39, 0.29) is 5.56 Å². The number of nitrogens with zero attached hydrogens (tertiary/aromatic N) is 1. The molecule has 0 aliphatic heterocycles. The number of pyridine rings is 1. The molecule has 0 aliphatic rings. The van der Waals surface area contributed by atoms with E-state index in [9.17, 15) is 9.90 Å². The quantitative estimate of drug-likeness (QED) is 0.438. The molecule has 0 unspecified atom stereocenters. The van der Waals surface area contributed by atoms with Crippen LogP contribution in [-0.2, 0) is 0 Å². The van der Waals surface area contributed by atoms with Crippen molar-refractivity contribution < 1.29 is 33.3 Å². The number of furan rings is 1. The van der Waals surface area contributed by atoms with E-state index in [1.54, 1.807) is 56.8 Å². The van der Waals surface area contributed by atoms with Crippen molar-refractivity contribution in [2.45, 2.75) is 0 Å². The Morgan fingerprint density at radius 3 is 2.19 bits per heavy atom. The molecule has 0 spiro atoms. The van der Waals surface area contributed by atoms with Gasteiger partial charge in [-0.15, -0.1) is 0 Å². The highest BCUT2D eigenvalue weighted by Crippen LogP contribution is 2.43. The number of benzene rings is 2. The third-order valence-corrected chi connectivity index (χ3v) is 5.06. The van der Waals surface area contributed by atoms with Gasteiger partial charge in [0.2, 0.25) is 5.75 Å². The van der Waals surface area contributed by atoms with E-state index in [1.165, 1.54) is 20.3 Å². The topological polar surface area (TPSA) is 100 Å². The fraction of sp³-hybridized carbons (Fsp3) is 0.167. The standard InChI is InChI=1S/C24H21NO7/c1-28-16-8-13(7-15(9-16)24(26)27)17-5-6-25-18-12-19(32-22(17)18)14-10-20(29-2)23(31-4)21(11-14)30-3/h5-12H,1-4H3,(H,26,27). The normalized spacial score (nSPS) is 10.8. The van der Waals surface area contributed by atoms with E-state index in [0.29, 0.717) is 56.5 Å². The monoisotopic (exact) mass is 435 g/mol. The second-order valence-corrected chi connectivity index (χ2v) is 6.85. The fourth-order valence-electron chi connectivity index (χ4n) is 3.53. The largest absolute Gasteiger partial charge is 0.497 e. The smallest absolute Gasteiger partial charge is 0.335 e. The summed E-state index contributed by atoms with van der Waals surface area (Å²) in [5.41, 5.74) is 3.28. The summed E-state index contributed by atoms with van der Waals surface area (Å²) in [6.45, 7) is 0. The Morgan fingerprint density at radius 2 is 1.59 bits per heavy atom. The van der Waals surface area contributed by atoms with Crippen molar-refractivity contribution in [3.63, 3.8) is 0 Å². The van der Waals surface area contributed by atoms with Crippen LogP contribution in [0.5, 0.6) is 23.0 Å². The van der Waals surface area contributed by atoms with E-state index in [1.807, 2.05) is 0 Å². The van der Waals surface area contributed by atoms with Gasteiger partial charge in [0.15, 0.2) is 17.1 Å². The molecule has 0 radical (unpaired) electrons. The van der Waals surface area contributed by atoms with Gasteiger partial charge in [-0.25, -0.2) is 4.79 Å². The van der Waals surface area contributed by atoms with Gasteiger partial charge in [-0.1, -0.05) is 0 Å². The molecule has 2 aromatic heterocycles. The molecule has 0 saturated carbocycles. The molecule has 8 nitrogen and oxygen atoms in total. The lowest BCUT2D eigenvalue weighted by Crippen LogP contribution is -1.98. The average Bonchev–Trinajstić information content (AvgIpc) is 3.27. The second-order valence-electron chi connectivity index (χ2n) is 6.85. The summed E-state index contributed by atoms with van der Waals surface area (Å²) >= 11 is 0. The first-order chi connectivity index (χ1) is 15.5. The van der Waals surface area contributed by atoms with Crippen LogP contribution in [0, 0.1) is 0 Å². The van der Waals surface area contributed by atoms with E-state index >= 15 is 0 Å². The molecule has 2 heterocycles. The van der Waals surface area contributed by atoms with Crippen LogP contribution in [0.4, 0.5) is 0 Å². The van der Waals surface area contributed by atoms with E-state index in [2.05, 4.69) is 4.98 Å². The lowest BCUT2D eigenvalue weighted by Gasteiger charge is -2.13. The number of aromatic carboxylic acids is 1. The zero-order valence-electron chi connectivity index (χ0n) is 18.0. The maximum absolute atomic E-state index is 11.6. The van der Waals surface area contributed by atoms with Crippen molar-refractivity contribution in [2.24, 2.45) is 0 Å². The predicted octanol–water partition coefficient (Wildman–Crippen LogP) is 4.89. The molecule has 0 saturated heterocycles. The van der Waals surface area contributed by atoms with Gasteiger partial charge in [0.1, 0.15) is 17.0 Å². The highest BCUT2D eigenvalue weighted by atomic mass is 16.5. The Morgan fingerprint density at radius 1 is 0.875 bits per heavy atom. The molecule has 0 aliphatic carbocycles. The molecule has 1 N–H and O–H groups in total. The van der Waals surface area contributed by atoms with Gasteiger partial charge < -0.3 is 28.5 Å². The van der Waals surface area contributed by atoms with Crippen molar-refractivity contribution >= 4 is 17.1 Å². The SMILES string of the molecule is COc1cc(C(=O)O)cc(-c2ccnc3cc(-c4cc(OC)c(OC)c(OC)c4)oc23)c1. The summed E-state index contributed by atoms with van der Waals surface area (Å²) in [7, 11) is 6.11. The minimum absolute atomic E-state index is 0.112. The number of fused-ring (bicyclic) bond motifs is 1. The predicted molar refractivity (Wildman–Crippen MR) is 118 cm³/mol. The minimum Gasteiger partial charge on any atom is -0.497 e. The van der Waals surface area contributed by atoms with E-state index in [4.69, 9.17) is 23.4 Å². The van der Waals surface area contributed by atoms with Gasteiger partial charge in [-0.2, -0.15) is 0 Å². The summed E-state index contributed by atoms with van der Waals surface area (Å²) in [6.07, 6.45) is 1.64.